The average molecular weight is 402 g/mol. The smallest absolute Gasteiger partial charge is 0.230 e. The molecule has 28 heavy (non-hydrogen) atoms. The molecule has 0 heterocycles. The minimum atomic E-state index is -3.45. The van der Waals surface area contributed by atoms with Crippen LogP contribution >= 0.6 is 0 Å². The summed E-state index contributed by atoms with van der Waals surface area (Å²) in [6.07, 6.45) is 3.79. The van der Waals surface area contributed by atoms with Gasteiger partial charge in [-0.2, -0.15) is 5.26 Å². The maximum absolute atomic E-state index is 12.8. The first-order chi connectivity index (χ1) is 13.1. The van der Waals surface area contributed by atoms with Crippen molar-refractivity contribution in [3.05, 3.63) is 52.5 Å². The quantitative estimate of drug-likeness (QED) is 0.682. The molecular weight excluding hydrogens is 374 g/mol. The van der Waals surface area contributed by atoms with Crippen molar-refractivity contribution in [3.8, 4) is 6.07 Å². The van der Waals surface area contributed by atoms with Gasteiger partial charge in [-0.15, -0.1) is 0 Å². The summed E-state index contributed by atoms with van der Waals surface area (Å²) in [5.74, 6) is -0.520. The second-order valence-corrected chi connectivity index (χ2v) is 9.75. The fourth-order valence-corrected chi connectivity index (χ4v) is 4.77. The lowest BCUT2D eigenvalue weighted by Crippen LogP contribution is -2.39. The molecule has 1 atom stereocenters. The Morgan fingerprint density at radius 1 is 1.29 bits per heavy atom. The van der Waals surface area contributed by atoms with Crippen molar-refractivity contribution in [1.82, 2.24) is 5.32 Å². The monoisotopic (exact) mass is 401 g/mol. The van der Waals surface area contributed by atoms with E-state index in [-0.39, 0.29) is 24.0 Å². The second-order valence-electron chi connectivity index (χ2n) is 7.64. The number of nitriles is 1. The molecule has 0 fully saturated rings. The number of nitrogens with zero attached hydrogens (tertiary/aromatic N) is 1. The van der Waals surface area contributed by atoms with Crippen molar-refractivity contribution in [2.75, 3.05) is 11.5 Å². The van der Waals surface area contributed by atoms with E-state index in [0.717, 1.165) is 11.1 Å². The molecule has 0 bridgehead atoms. The number of hydrogen-bond donors (Lipinski definition) is 2. The van der Waals surface area contributed by atoms with Gasteiger partial charge in [0.15, 0.2) is 9.84 Å². The normalized spacial score (nSPS) is 17.3. The van der Waals surface area contributed by atoms with Crippen LogP contribution in [0.1, 0.15) is 39.2 Å². The van der Waals surface area contributed by atoms with E-state index in [2.05, 4.69) is 5.32 Å². The molecule has 0 radical (unpaired) electrons. The molecule has 150 valence electrons. The van der Waals surface area contributed by atoms with E-state index in [4.69, 9.17) is 11.0 Å². The van der Waals surface area contributed by atoms with Gasteiger partial charge in [-0.3, -0.25) is 4.79 Å². The molecule has 0 aromatic heterocycles. The predicted molar refractivity (Wildman–Crippen MR) is 110 cm³/mol. The highest BCUT2D eigenvalue weighted by Crippen LogP contribution is 2.38. The van der Waals surface area contributed by atoms with E-state index in [9.17, 15) is 13.2 Å². The maximum Gasteiger partial charge on any atom is 0.230 e. The topological polar surface area (TPSA) is 113 Å². The van der Waals surface area contributed by atoms with Crippen LogP contribution in [0, 0.1) is 22.7 Å². The van der Waals surface area contributed by atoms with Gasteiger partial charge in [-0.25, -0.2) is 8.42 Å². The van der Waals surface area contributed by atoms with Crippen LogP contribution in [0.4, 0.5) is 5.69 Å². The van der Waals surface area contributed by atoms with Crippen molar-refractivity contribution < 1.29 is 13.2 Å². The summed E-state index contributed by atoms with van der Waals surface area (Å²) in [6, 6.07) is 9.19. The van der Waals surface area contributed by atoms with Crippen LogP contribution in [-0.4, -0.2) is 20.1 Å². The number of nitrogens with one attached hydrogen (secondary N) is 1. The average Bonchev–Trinajstić information content (AvgIpc) is 2.65. The molecule has 7 heteroatoms. The SMILES string of the molecule is CC1CC(C(C)(C)C(=O)NCc2ccc(N)cc2)=CC=C1S(=O)(=O)CCC#N. The third-order valence-corrected chi connectivity index (χ3v) is 7.10. The van der Waals surface area contributed by atoms with Crippen molar-refractivity contribution in [3.63, 3.8) is 0 Å². The van der Waals surface area contributed by atoms with Gasteiger partial charge in [-0.1, -0.05) is 30.7 Å². The first-order valence-electron chi connectivity index (χ1n) is 9.21. The van der Waals surface area contributed by atoms with Gasteiger partial charge in [0.2, 0.25) is 5.91 Å². The number of nitrogen functional groups attached to an aromatic ring is 1. The number of carbonyl (C=O) groups is 1. The Balaban J connectivity index is 2.13. The van der Waals surface area contributed by atoms with Crippen molar-refractivity contribution in [2.24, 2.45) is 11.3 Å². The summed E-state index contributed by atoms with van der Waals surface area (Å²) in [5.41, 5.74) is 7.42. The van der Waals surface area contributed by atoms with Gasteiger partial charge in [0, 0.05) is 23.6 Å². The summed E-state index contributed by atoms with van der Waals surface area (Å²) in [7, 11) is -3.45. The van der Waals surface area contributed by atoms with E-state index < -0.39 is 15.3 Å². The number of sulfone groups is 1. The molecule has 1 unspecified atom stereocenters. The lowest BCUT2D eigenvalue weighted by atomic mass is 9.77. The van der Waals surface area contributed by atoms with Gasteiger partial charge in [0.1, 0.15) is 0 Å². The molecule has 2 rings (SSSR count). The fourth-order valence-electron chi connectivity index (χ4n) is 3.20. The molecule has 0 saturated heterocycles. The van der Waals surface area contributed by atoms with Crippen LogP contribution in [0.5, 0.6) is 0 Å². The number of hydrogen-bond acceptors (Lipinski definition) is 5. The minimum absolute atomic E-state index is 0.0258. The number of rotatable bonds is 7. The highest BCUT2D eigenvalue weighted by atomic mass is 32.2. The van der Waals surface area contributed by atoms with Gasteiger partial charge in [0.25, 0.3) is 0 Å². The van der Waals surface area contributed by atoms with Crippen LogP contribution in [0.3, 0.4) is 0 Å². The third-order valence-electron chi connectivity index (χ3n) is 5.11. The lowest BCUT2D eigenvalue weighted by molar-refractivity contribution is -0.127. The molecular formula is C21H27N3O3S. The zero-order valence-electron chi connectivity index (χ0n) is 16.5. The summed E-state index contributed by atoms with van der Waals surface area (Å²) in [4.78, 5) is 13.1. The summed E-state index contributed by atoms with van der Waals surface area (Å²) < 4.78 is 24.8. The standard InChI is InChI=1S/C21H27N3O3S/c1-15-13-17(7-10-19(15)28(26,27)12-4-11-22)21(2,3)20(25)24-14-16-5-8-18(23)9-6-16/h5-10,15H,4,12-14,23H2,1-3H3,(H,24,25). The summed E-state index contributed by atoms with van der Waals surface area (Å²) >= 11 is 0. The first kappa shape index (κ1) is 21.7. The third kappa shape index (κ3) is 5.02. The van der Waals surface area contributed by atoms with Crippen LogP contribution in [0.15, 0.2) is 46.9 Å². The molecule has 6 nitrogen and oxygen atoms in total. The Morgan fingerprint density at radius 2 is 1.93 bits per heavy atom. The number of allylic oxidation sites excluding steroid dienone is 3. The Bertz CT molecular complexity index is 936. The van der Waals surface area contributed by atoms with E-state index in [1.165, 1.54) is 0 Å². The van der Waals surface area contributed by atoms with Crippen LogP contribution < -0.4 is 11.1 Å². The van der Waals surface area contributed by atoms with E-state index >= 15 is 0 Å². The van der Waals surface area contributed by atoms with Gasteiger partial charge in [-0.05, 0) is 50.0 Å². The molecule has 1 aliphatic rings. The predicted octanol–water partition coefficient (Wildman–Crippen LogP) is 3.09. The van der Waals surface area contributed by atoms with E-state index in [0.29, 0.717) is 23.6 Å². The zero-order valence-corrected chi connectivity index (χ0v) is 17.3. The van der Waals surface area contributed by atoms with Crippen LogP contribution in [-0.2, 0) is 21.2 Å². The largest absolute Gasteiger partial charge is 0.399 e. The van der Waals surface area contributed by atoms with E-state index in [1.54, 1.807) is 24.3 Å². The molecule has 0 aliphatic heterocycles. The molecule has 3 N–H and O–H groups in total. The number of anilines is 1. The summed E-state index contributed by atoms with van der Waals surface area (Å²) in [5, 5.41) is 11.6. The Hall–Kier alpha value is -2.59. The highest BCUT2D eigenvalue weighted by molar-refractivity contribution is 7.95. The lowest BCUT2D eigenvalue weighted by Gasteiger charge is -2.31. The van der Waals surface area contributed by atoms with Crippen LogP contribution in [0.2, 0.25) is 0 Å². The zero-order chi connectivity index (χ0) is 20.9. The number of nitrogens with two attached hydrogens (primary N) is 1. The molecule has 1 aliphatic carbocycles. The molecule has 1 aromatic carbocycles. The van der Waals surface area contributed by atoms with E-state index in [1.807, 2.05) is 39.0 Å². The summed E-state index contributed by atoms with van der Waals surface area (Å²) in [6.45, 7) is 5.92. The first-order valence-corrected chi connectivity index (χ1v) is 10.9. The number of benzene rings is 1. The van der Waals surface area contributed by atoms with Crippen molar-refractivity contribution in [2.45, 2.75) is 40.2 Å². The second kappa shape index (κ2) is 8.61. The van der Waals surface area contributed by atoms with Crippen molar-refractivity contribution >= 4 is 21.4 Å². The minimum Gasteiger partial charge on any atom is -0.399 e. The number of amides is 1. The molecule has 0 spiro atoms. The van der Waals surface area contributed by atoms with Gasteiger partial charge in [0.05, 0.1) is 17.2 Å². The van der Waals surface area contributed by atoms with Gasteiger partial charge >= 0.3 is 0 Å². The highest BCUT2D eigenvalue weighted by Gasteiger charge is 2.36. The Kier molecular flexibility index (Phi) is 6.68. The Labute approximate surface area is 167 Å². The van der Waals surface area contributed by atoms with Crippen LogP contribution in [0.25, 0.3) is 0 Å². The number of carbonyl (C=O) groups excluding carboxylic acids is 1. The molecule has 1 amide bonds. The Morgan fingerprint density at radius 3 is 2.50 bits per heavy atom. The van der Waals surface area contributed by atoms with Crippen molar-refractivity contribution in [1.29, 1.82) is 5.26 Å². The fraction of sp³-hybridized carbons (Fsp3) is 0.429. The molecule has 1 aromatic rings. The maximum atomic E-state index is 12.8. The van der Waals surface area contributed by atoms with Gasteiger partial charge < -0.3 is 11.1 Å². The molecule has 0 saturated carbocycles.